The van der Waals surface area contributed by atoms with E-state index in [-0.39, 0.29) is 10.5 Å². The molecule has 0 amide bonds. The van der Waals surface area contributed by atoms with Crippen LogP contribution in [0.2, 0.25) is 0 Å². The summed E-state index contributed by atoms with van der Waals surface area (Å²) in [5, 5.41) is 0. The summed E-state index contributed by atoms with van der Waals surface area (Å²) in [5.74, 6) is 7.14. The van der Waals surface area contributed by atoms with Gasteiger partial charge in [-0.15, -0.1) is 0 Å². The van der Waals surface area contributed by atoms with Gasteiger partial charge in [-0.25, -0.2) is 17.7 Å². The Labute approximate surface area is 205 Å². The topological polar surface area (TPSA) is 84.7 Å². The van der Waals surface area contributed by atoms with Gasteiger partial charge in [-0.1, -0.05) is 24.0 Å². The maximum atomic E-state index is 13.2. The third-order valence-electron chi connectivity index (χ3n) is 5.95. The second-order valence-electron chi connectivity index (χ2n) is 8.53. The second-order valence-corrected chi connectivity index (χ2v) is 10.7. The molecule has 0 unspecified atom stereocenters. The van der Waals surface area contributed by atoms with Gasteiger partial charge in [0.25, 0.3) is 5.56 Å². The number of fused-ring (bicyclic) bond motifs is 1. The van der Waals surface area contributed by atoms with E-state index in [1.165, 1.54) is 18.4 Å². The van der Waals surface area contributed by atoms with Crippen LogP contribution in [0.15, 0.2) is 64.5 Å². The van der Waals surface area contributed by atoms with Crippen molar-refractivity contribution in [3.63, 3.8) is 0 Å². The Hall–Kier alpha value is -3.45. The largest absolute Gasteiger partial charge is 0.497 e. The van der Waals surface area contributed by atoms with E-state index >= 15 is 0 Å². The fourth-order valence-electron chi connectivity index (χ4n) is 3.86. The maximum absolute atomic E-state index is 13.2. The minimum atomic E-state index is -3.49. The third kappa shape index (κ3) is 5.62. The summed E-state index contributed by atoms with van der Waals surface area (Å²) in [6.07, 6.45) is 2.28. The average molecular weight is 493 g/mol. The molecule has 4 rings (SSSR count). The Balaban J connectivity index is 1.45. The Morgan fingerprint density at radius 2 is 1.80 bits per heavy atom. The fourth-order valence-corrected chi connectivity index (χ4v) is 4.76. The molecule has 2 aromatic carbocycles. The molecular formula is C26H28N4O4S. The Morgan fingerprint density at radius 1 is 1.09 bits per heavy atom. The van der Waals surface area contributed by atoms with Gasteiger partial charge >= 0.3 is 0 Å². The number of aromatic nitrogens is 2. The van der Waals surface area contributed by atoms with Gasteiger partial charge in [-0.3, -0.25) is 14.3 Å². The molecule has 0 saturated carbocycles. The molecule has 1 aromatic heterocycles. The van der Waals surface area contributed by atoms with Gasteiger partial charge in [0.2, 0.25) is 10.0 Å². The van der Waals surface area contributed by atoms with Crippen molar-refractivity contribution in [1.82, 2.24) is 18.8 Å². The lowest BCUT2D eigenvalue weighted by Gasteiger charge is -2.26. The monoisotopic (exact) mass is 492 g/mol. The number of nitrogens with zero attached hydrogens (tertiary/aromatic N) is 4. The zero-order chi connectivity index (χ0) is 25.0. The molecule has 1 aliphatic heterocycles. The molecule has 0 radical (unpaired) electrons. The van der Waals surface area contributed by atoms with Gasteiger partial charge in [0, 0.05) is 39.2 Å². The van der Waals surface area contributed by atoms with Gasteiger partial charge in [0.1, 0.15) is 5.75 Å². The summed E-state index contributed by atoms with van der Waals surface area (Å²) < 4.78 is 32.5. The molecule has 182 valence electrons. The smallest absolute Gasteiger partial charge is 0.258 e. The van der Waals surface area contributed by atoms with Gasteiger partial charge in [0.05, 0.1) is 42.7 Å². The summed E-state index contributed by atoms with van der Waals surface area (Å²) in [4.78, 5) is 20.1. The van der Waals surface area contributed by atoms with Crippen molar-refractivity contribution < 1.29 is 13.2 Å². The molecule has 0 bridgehead atoms. The zero-order valence-corrected chi connectivity index (χ0v) is 20.9. The first-order chi connectivity index (χ1) is 16.8. The molecule has 9 heteroatoms. The third-order valence-corrected chi connectivity index (χ3v) is 7.78. The number of methoxy groups -OCH3 is 1. The summed E-state index contributed by atoms with van der Waals surface area (Å²) in [7, 11) is 1.13. The van der Waals surface area contributed by atoms with Gasteiger partial charge in [-0.2, -0.15) is 0 Å². The van der Waals surface area contributed by atoms with E-state index in [0.29, 0.717) is 31.6 Å². The number of benzene rings is 2. The van der Waals surface area contributed by atoms with Gasteiger partial charge < -0.3 is 4.74 Å². The lowest BCUT2D eigenvalue weighted by atomic mass is 10.1. The van der Waals surface area contributed by atoms with Crippen LogP contribution in [-0.4, -0.2) is 61.5 Å². The summed E-state index contributed by atoms with van der Waals surface area (Å²) in [5.41, 5.74) is 3.18. The number of ether oxygens (including phenoxy) is 1. The Kier molecular flexibility index (Phi) is 7.36. The maximum Gasteiger partial charge on any atom is 0.258 e. The molecule has 0 saturated heterocycles. The molecule has 8 nitrogen and oxygen atoms in total. The van der Waals surface area contributed by atoms with Crippen molar-refractivity contribution in [1.29, 1.82) is 0 Å². The summed E-state index contributed by atoms with van der Waals surface area (Å²) in [6.45, 7) is 2.17. The highest BCUT2D eigenvalue weighted by Gasteiger charge is 2.21. The van der Waals surface area contributed by atoms with Crippen molar-refractivity contribution >= 4 is 10.0 Å². The summed E-state index contributed by atoms with van der Waals surface area (Å²) in [6, 6.07) is 14.2. The highest BCUT2D eigenvalue weighted by Crippen LogP contribution is 2.16. The molecule has 0 N–H and O–H groups in total. The molecule has 3 aromatic rings. The normalized spacial score (nSPS) is 13.7. The zero-order valence-electron chi connectivity index (χ0n) is 20.1. The van der Waals surface area contributed by atoms with Crippen molar-refractivity contribution in [2.24, 2.45) is 0 Å². The van der Waals surface area contributed by atoms with Gasteiger partial charge in [0.15, 0.2) is 0 Å². The number of rotatable bonds is 6. The van der Waals surface area contributed by atoms with Crippen LogP contribution in [0.5, 0.6) is 5.75 Å². The Bertz CT molecular complexity index is 1420. The predicted octanol–water partition coefficient (Wildman–Crippen LogP) is 1.96. The highest BCUT2D eigenvalue weighted by atomic mass is 32.2. The fraction of sp³-hybridized carbons (Fsp3) is 0.308. The van der Waals surface area contributed by atoms with Crippen LogP contribution in [-0.2, 0) is 29.5 Å². The first-order valence-electron chi connectivity index (χ1n) is 11.2. The average Bonchev–Trinajstić information content (AvgIpc) is 2.86. The predicted molar refractivity (Wildman–Crippen MR) is 134 cm³/mol. The van der Waals surface area contributed by atoms with E-state index in [2.05, 4.69) is 21.7 Å². The van der Waals surface area contributed by atoms with Crippen LogP contribution in [0.3, 0.4) is 0 Å². The van der Waals surface area contributed by atoms with E-state index in [9.17, 15) is 13.2 Å². The van der Waals surface area contributed by atoms with Crippen LogP contribution >= 0.6 is 0 Å². The van der Waals surface area contributed by atoms with Crippen LogP contribution in [0, 0.1) is 11.8 Å². The lowest BCUT2D eigenvalue weighted by Crippen LogP contribution is -2.38. The molecule has 0 spiro atoms. The lowest BCUT2D eigenvalue weighted by molar-refractivity contribution is 0.280. The van der Waals surface area contributed by atoms with Crippen molar-refractivity contribution in [3.05, 3.63) is 87.6 Å². The van der Waals surface area contributed by atoms with E-state index in [4.69, 9.17) is 4.74 Å². The minimum absolute atomic E-state index is 0.0761. The molecule has 2 heterocycles. The van der Waals surface area contributed by atoms with Crippen molar-refractivity contribution in [2.75, 3.05) is 34.3 Å². The van der Waals surface area contributed by atoms with Crippen LogP contribution < -0.4 is 10.3 Å². The molecular weight excluding hydrogens is 464 g/mol. The van der Waals surface area contributed by atoms with E-state index < -0.39 is 10.0 Å². The number of hydrogen-bond acceptors (Lipinski definition) is 6. The molecule has 1 aliphatic rings. The molecule has 0 fully saturated rings. The minimum Gasteiger partial charge on any atom is -0.497 e. The quantitative estimate of drug-likeness (QED) is 0.489. The van der Waals surface area contributed by atoms with Crippen LogP contribution in [0.4, 0.5) is 0 Å². The SMILES string of the molecule is COc1ccc(C#CCN2CCc3ncn(Cc4ccc(S(=O)(=O)N(C)C)cc4)c(=O)c3C2)cc1. The van der Waals surface area contributed by atoms with Crippen molar-refractivity contribution in [3.8, 4) is 17.6 Å². The molecule has 0 atom stereocenters. The number of sulfonamides is 1. The highest BCUT2D eigenvalue weighted by molar-refractivity contribution is 7.89. The van der Waals surface area contributed by atoms with Crippen LogP contribution in [0.1, 0.15) is 22.4 Å². The van der Waals surface area contributed by atoms with Crippen molar-refractivity contribution in [2.45, 2.75) is 24.4 Å². The van der Waals surface area contributed by atoms with Gasteiger partial charge in [-0.05, 0) is 42.0 Å². The molecule has 35 heavy (non-hydrogen) atoms. The number of hydrogen-bond donors (Lipinski definition) is 0. The van der Waals surface area contributed by atoms with E-state index in [1.54, 1.807) is 42.3 Å². The standard InChI is InChI=1S/C26H28N4O4S/c1-28(2)35(32,33)23-12-8-21(9-13-23)17-30-19-27-25-14-16-29(18-24(25)26(30)31)15-4-5-20-6-10-22(34-3)11-7-20/h6-13,19H,14-18H2,1-3H3. The Morgan fingerprint density at radius 3 is 2.46 bits per heavy atom. The second kappa shape index (κ2) is 10.4. The molecule has 0 aliphatic carbocycles. The first-order valence-corrected chi connectivity index (χ1v) is 12.7. The first kappa shape index (κ1) is 24.7. The van der Waals surface area contributed by atoms with E-state index in [0.717, 1.165) is 29.1 Å². The van der Waals surface area contributed by atoms with E-state index in [1.807, 2.05) is 24.3 Å². The van der Waals surface area contributed by atoms with Crippen LogP contribution in [0.25, 0.3) is 0 Å². The summed E-state index contributed by atoms with van der Waals surface area (Å²) >= 11 is 0.